The second kappa shape index (κ2) is 8.32. The lowest BCUT2D eigenvalue weighted by Crippen LogP contribution is -2.40. The van der Waals surface area contributed by atoms with E-state index in [-0.39, 0.29) is 16.9 Å². The number of benzene rings is 2. The van der Waals surface area contributed by atoms with E-state index in [2.05, 4.69) is 60.7 Å². The largest absolute Gasteiger partial charge is 0.490 e. The molecule has 5 aliphatic carbocycles. The molecular formula is C29H34N2OS. The fraction of sp³-hybridized carbons (Fsp3) is 0.517. The molecule has 0 aromatic heterocycles. The highest BCUT2D eigenvalue weighted by Gasteiger charge is 2.70. The van der Waals surface area contributed by atoms with Crippen molar-refractivity contribution < 1.29 is 4.74 Å². The average molecular weight is 459 g/mol. The van der Waals surface area contributed by atoms with Gasteiger partial charge in [-0.1, -0.05) is 60.7 Å². The van der Waals surface area contributed by atoms with Crippen LogP contribution in [0, 0.1) is 23.2 Å². The lowest BCUT2D eigenvalue weighted by molar-refractivity contribution is 0.0628. The molecule has 0 heterocycles. The van der Waals surface area contributed by atoms with Crippen LogP contribution in [0.5, 0.6) is 5.75 Å². The van der Waals surface area contributed by atoms with Gasteiger partial charge in [-0.3, -0.25) is 4.99 Å². The van der Waals surface area contributed by atoms with E-state index in [1.54, 1.807) is 0 Å². The number of thiocarbonyl (C=S) groups is 1. The van der Waals surface area contributed by atoms with Gasteiger partial charge in [-0.25, -0.2) is 0 Å². The minimum Gasteiger partial charge on any atom is -0.490 e. The molecule has 5 fully saturated rings. The summed E-state index contributed by atoms with van der Waals surface area (Å²) in [6.07, 6.45) is 9.27. The van der Waals surface area contributed by atoms with Crippen LogP contribution in [0.2, 0.25) is 0 Å². The first-order valence-corrected chi connectivity index (χ1v) is 13.1. The second-order valence-corrected chi connectivity index (χ2v) is 11.4. The minimum atomic E-state index is -0.00868. The molecule has 5 saturated carbocycles. The summed E-state index contributed by atoms with van der Waals surface area (Å²) >= 11 is 6.20. The van der Waals surface area contributed by atoms with Crippen molar-refractivity contribution in [3.8, 4) is 5.75 Å². The highest BCUT2D eigenvalue weighted by atomic mass is 32.1. The van der Waals surface area contributed by atoms with Crippen molar-refractivity contribution in [3.63, 3.8) is 0 Å². The summed E-state index contributed by atoms with van der Waals surface area (Å²) in [6.45, 7) is 0.795. The second-order valence-electron chi connectivity index (χ2n) is 11.0. The molecule has 3 nitrogen and oxygen atoms in total. The summed E-state index contributed by atoms with van der Waals surface area (Å²) in [4.78, 5) is 6.16. The first-order valence-electron chi connectivity index (χ1n) is 12.7. The van der Waals surface area contributed by atoms with Crippen molar-refractivity contribution >= 4 is 22.9 Å². The summed E-state index contributed by atoms with van der Waals surface area (Å²) in [5.41, 5.74) is 8.90. The average Bonchev–Trinajstić information content (AvgIpc) is 3.23. The normalized spacial score (nSPS) is 36.7. The molecule has 2 aromatic carbocycles. The maximum atomic E-state index is 6.69. The van der Waals surface area contributed by atoms with Crippen molar-refractivity contribution in [3.05, 3.63) is 66.2 Å². The number of para-hydroxylation sites is 1. The van der Waals surface area contributed by atoms with Crippen molar-refractivity contribution in [2.24, 2.45) is 33.9 Å². The summed E-state index contributed by atoms with van der Waals surface area (Å²) in [7, 11) is 0. The molecule has 5 atom stereocenters. The van der Waals surface area contributed by atoms with Crippen LogP contribution < -0.4 is 10.5 Å². The maximum Gasteiger partial charge on any atom is 0.119 e. The van der Waals surface area contributed by atoms with Crippen LogP contribution in [0.15, 0.2) is 65.7 Å². The van der Waals surface area contributed by atoms with E-state index in [9.17, 15) is 0 Å². The number of nitrogens with two attached hydrogens (primary N) is 1. The van der Waals surface area contributed by atoms with Crippen LogP contribution >= 0.6 is 12.2 Å². The van der Waals surface area contributed by atoms with Crippen molar-refractivity contribution in [2.45, 2.75) is 62.9 Å². The molecule has 7 rings (SSSR count). The summed E-state index contributed by atoms with van der Waals surface area (Å²) in [5, 5.41) is 0. The monoisotopic (exact) mass is 458 g/mol. The van der Waals surface area contributed by atoms with Crippen LogP contribution in [0.25, 0.3) is 0 Å². The number of aliphatic imine (C=N–C) groups is 1. The Morgan fingerprint density at radius 1 is 0.970 bits per heavy atom. The van der Waals surface area contributed by atoms with Crippen LogP contribution in [-0.4, -0.2) is 23.3 Å². The number of hydrogen-bond acceptors (Lipinski definition) is 3. The molecule has 4 heteroatoms. The van der Waals surface area contributed by atoms with Gasteiger partial charge in [0.05, 0.1) is 0 Å². The van der Waals surface area contributed by atoms with Crippen molar-refractivity contribution in [1.82, 2.24) is 0 Å². The molecule has 33 heavy (non-hydrogen) atoms. The van der Waals surface area contributed by atoms with Crippen LogP contribution in [0.3, 0.4) is 0 Å². The van der Waals surface area contributed by atoms with E-state index in [1.807, 2.05) is 0 Å². The first-order chi connectivity index (χ1) is 16.1. The molecular weight excluding hydrogens is 424 g/mol. The molecule has 5 unspecified atom stereocenters. The molecule has 0 radical (unpaired) electrons. The third-order valence-electron chi connectivity index (χ3n) is 9.22. The lowest BCUT2D eigenvalue weighted by atomic mass is 9.63. The van der Waals surface area contributed by atoms with Gasteiger partial charge in [-0.05, 0) is 92.9 Å². The third kappa shape index (κ3) is 3.57. The van der Waals surface area contributed by atoms with Crippen LogP contribution in [0.1, 0.15) is 56.9 Å². The summed E-state index contributed by atoms with van der Waals surface area (Å²) in [6, 6.07) is 21.5. The van der Waals surface area contributed by atoms with Crippen molar-refractivity contribution in [2.75, 3.05) is 6.54 Å². The Kier molecular flexibility index (Phi) is 5.42. The zero-order chi connectivity index (χ0) is 22.5. The topological polar surface area (TPSA) is 47.6 Å². The molecule has 0 aliphatic heterocycles. The van der Waals surface area contributed by atoms with Gasteiger partial charge in [-0.2, -0.15) is 0 Å². The quantitative estimate of drug-likeness (QED) is 0.550. The highest BCUT2D eigenvalue weighted by molar-refractivity contribution is 7.80. The number of ether oxygens (including phenoxy) is 1. The molecule has 2 N–H and O–H groups in total. The van der Waals surface area contributed by atoms with E-state index in [1.165, 1.54) is 17.7 Å². The first kappa shape index (κ1) is 21.5. The van der Waals surface area contributed by atoms with E-state index in [4.69, 9.17) is 27.7 Å². The van der Waals surface area contributed by atoms with E-state index >= 15 is 0 Å². The molecule has 0 spiro atoms. The molecule has 0 amide bonds. The van der Waals surface area contributed by atoms with E-state index < -0.39 is 0 Å². The summed E-state index contributed by atoms with van der Waals surface area (Å²) in [5.74, 6) is 2.61. The number of rotatable bonds is 5. The van der Waals surface area contributed by atoms with Gasteiger partial charge in [-0.15, -0.1) is 0 Å². The van der Waals surface area contributed by atoms with Gasteiger partial charge in [0.1, 0.15) is 16.8 Å². The Morgan fingerprint density at radius 2 is 1.67 bits per heavy atom. The van der Waals surface area contributed by atoms with E-state index in [0.717, 1.165) is 62.2 Å². The van der Waals surface area contributed by atoms with Gasteiger partial charge >= 0.3 is 0 Å². The van der Waals surface area contributed by atoms with Crippen LogP contribution in [-0.2, 0) is 5.41 Å². The van der Waals surface area contributed by atoms with Crippen molar-refractivity contribution in [1.29, 1.82) is 0 Å². The number of hydrogen-bond donors (Lipinski definition) is 1. The molecule has 5 aliphatic rings. The molecule has 172 valence electrons. The van der Waals surface area contributed by atoms with Gasteiger partial charge < -0.3 is 10.5 Å². The Bertz CT molecular complexity index is 1040. The standard InChI is InChI=1S/C29H34N2OS/c30-18-20-11-13-23(14-12-20)31-27(33)29-16-21-15-28(19-29,22-7-3-1-4-8-22)17-25(29)26(21)32-24-9-5-2-6-10-24/h1-10,20-21,25-26H,11-19,30H2. The van der Waals surface area contributed by atoms with Gasteiger partial charge in [0, 0.05) is 17.0 Å². The fourth-order valence-corrected chi connectivity index (χ4v) is 8.17. The molecule has 0 saturated heterocycles. The predicted octanol–water partition coefficient (Wildman–Crippen LogP) is 6.11. The molecule has 4 bridgehead atoms. The van der Waals surface area contributed by atoms with Gasteiger partial charge in [0.2, 0.25) is 0 Å². The summed E-state index contributed by atoms with van der Waals surface area (Å²) < 4.78 is 6.69. The van der Waals surface area contributed by atoms with Crippen LogP contribution in [0.4, 0.5) is 0 Å². The maximum absolute atomic E-state index is 6.69. The SMILES string of the molecule is NCC1CCC(=NC(=S)C23CC4CC(c5ccccc5)(CC2C4Oc2ccccc2)C3)CC1. The van der Waals surface area contributed by atoms with E-state index in [0.29, 0.717) is 17.8 Å². The Balaban J connectivity index is 1.32. The highest BCUT2D eigenvalue weighted by Crippen LogP contribution is 2.71. The predicted molar refractivity (Wildman–Crippen MR) is 138 cm³/mol. The fourth-order valence-electron chi connectivity index (χ4n) is 7.73. The minimum absolute atomic E-state index is 0.00868. The Labute approximate surface area is 202 Å². The lowest BCUT2D eigenvalue weighted by Gasteiger charge is -2.43. The zero-order valence-corrected chi connectivity index (χ0v) is 20.1. The number of nitrogens with zero attached hydrogens (tertiary/aromatic N) is 1. The van der Waals surface area contributed by atoms with Gasteiger partial charge in [0.25, 0.3) is 0 Å². The zero-order valence-electron chi connectivity index (χ0n) is 19.3. The third-order valence-corrected chi connectivity index (χ3v) is 9.72. The molecule has 2 aromatic rings. The smallest absolute Gasteiger partial charge is 0.119 e. The van der Waals surface area contributed by atoms with Gasteiger partial charge in [0.15, 0.2) is 0 Å². The Morgan fingerprint density at radius 3 is 2.36 bits per heavy atom. The Hall–Kier alpha value is -2.04.